The first-order valence-electron chi connectivity index (χ1n) is 6.38. The number of nitrogens with one attached hydrogen (secondary N) is 1. The average Bonchev–Trinajstić information content (AvgIpc) is 2.89. The molecule has 1 aliphatic rings. The van der Waals surface area contributed by atoms with Crippen molar-refractivity contribution in [2.24, 2.45) is 5.16 Å². The van der Waals surface area contributed by atoms with Crippen LogP contribution in [-0.2, 0) is 14.4 Å². The lowest BCUT2D eigenvalue weighted by Gasteiger charge is -2.15. The number of hydrogen-bond donors (Lipinski definition) is 1. The second kappa shape index (κ2) is 6.47. The molecule has 108 valence electrons. The molecule has 2 atom stereocenters. The molecule has 0 aromatic heterocycles. The molecule has 0 bridgehead atoms. The van der Waals surface area contributed by atoms with Crippen molar-refractivity contribution in [3.8, 4) is 0 Å². The van der Waals surface area contributed by atoms with Gasteiger partial charge in [-0.05, 0) is 13.0 Å². The van der Waals surface area contributed by atoms with Gasteiger partial charge in [-0.2, -0.15) is 0 Å². The van der Waals surface area contributed by atoms with E-state index >= 15 is 0 Å². The van der Waals surface area contributed by atoms with Gasteiger partial charge in [-0.15, -0.1) is 0 Å². The Hall–Kier alpha value is -1.95. The molecule has 0 radical (unpaired) electrons. The SMILES string of the molecule is COCC(C)NC(=O)C1CC(c2ccccc2F)=NO1. The summed E-state index contributed by atoms with van der Waals surface area (Å²) in [5, 5.41) is 6.56. The van der Waals surface area contributed by atoms with Crippen LogP contribution in [0, 0.1) is 5.82 Å². The molecule has 1 amide bonds. The van der Waals surface area contributed by atoms with E-state index in [1.807, 2.05) is 6.92 Å². The van der Waals surface area contributed by atoms with Gasteiger partial charge in [0.15, 0.2) is 0 Å². The van der Waals surface area contributed by atoms with Crippen LogP contribution in [0.25, 0.3) is 0 Å². The third-order valence-electron chi connectivity index (χ3n) is 2.95. The zero-order valence-electron chi connectivity index (χ0n) is 11.4. The van der Waals surface area contributed by atoms with E-state index in [-0.39, 0.29) is 24.2 Å². The standard InChI is InChI=1S/C14H17FN2O3/c1-9(8-19-2)16-14(18)13-7-12(17-20-13)10-5-3-4-6-11(10)15/h3-6,9,13H,7-8H2,1-2H3,(H,16,18). The van der Waals surface area contributed by atoms with Crippen LogP contribution >= 0.6 is 0 Å². The highest BCUT2D eigenvalue weighted by molar-refractivity contribution is 6.04. The van der Waals surface area contributed by atoms with Crippen LogP contribution in [0.15, 0.2) is 29.4 Å². The maximum Gasteiger partial charge on any atom is 0.264 e. The van der Waals surface area contributed by atoms with Crippen LogP contribution in [0.4, 0.5) is 4.39 Å². The van der Waals surface area contributed by atoms with Crippen molar-refractivity contribution in [2.75, 3.05) is 13.7 Å². The lowest BCUT2D eigenvalue weighted by molar-refractivity contribution is -0.132. The molecule has 2 unspecified atom stereocenters. The topological polar surface area (TPSA) is 59.9 Å². The molecule has 0 spiro atoms. The molecule has 0 aliphatic carbocycles. The van der Waals surface area contributed by atoms with Crippen LogP contribution < -0.4 is 5.32 Å². The van der Waals surface area contributed by atoms with Crippen molar-refractivity contribution >= 4 is 11.6 Å². The number of benzene rings is 1. The summed E-state index contributed by atoms with van der Waals surface area (Å²) in [5.41, 5.74) is 0.815. The number of ether oxygens (including phenoxy) is 1. The Morgan fingerprint density at radius 2 is 2.35 bits per heavy atom. The van der Waals surface area contributed by atoms with Gasteiger partial charge in [-0.1, -0.05) is 23.4 Å². The Balaban J connectivity index is 1.95. The first-order chi connectivity index (χ1) is 9.61. The molecule has 20 heavy (non-hydrogen) atoms. The number of hydrogen-bond acceptors (Lipinski definition) is 4. The largest absolute Gasteiger partial charge is 0.383 e. The minimum absolute atomic E-state index is 0.117. The summed E-state index contributed by atoms with van der Waals surface area (Å²) in [4.78, 5) is 17.0. The van der Waals surface area contributed by atoms with Gasteiger partial charge in [0.2, 0.25) is 6.10 Å². The molecule has 1 aliphatic heterocycles. The predicted octanol–water partition coefficient (Wildman–Crippen LogP) is 1.47. The number of carbonyl (C=O) groups excluding carboxylic acids is 1. The Morgan fingerprint density at radius 3 is 3.05 bits per heavy atom. The van der Waals surface area contributed by atoms with E-state index < -0.39 is 6.10 Å². The predicted molar refractivity (Wildman–Crippen MR) is 71.9 cm³/mol. The molecule has 1 N–H and O–H groups in total. The van der Waals surface area contributed by atoms with E-state index in [0.717, 1.165) is 0 Å². The van der Waals surface area contributed by atoms with Gasteiger partial charge in [0.1, 0.15) is 5.82 Å². The maximum atomic E-state index is 13.6. The number of amides is 1. The Morgan fingerprint density at radius 1 is 1.60 bits per heavy atom. The van der Waals surface area contributed by atoms with Crippen molar-refractivity contribution in [3.05, 3.63) is 35.6 Å². The summed E-state index contributed by atoms with van der Waals surface area (Å²) in [6, 6.07) is 6.17. The number of carbonyl (C=O) groups is 1. The highest BCUT2D eigenvalue weighted by atomic mass is 19.1. The molecule has 0 fully saturated rings. The molecule has 2 rings (SSSR count). The van der Waals surface area contributed by atoms with E-state index in [2.05, 4.69) is 10.5 Å². The van der Waals surface area contributed by atoms with Crippen LogP contribution in [0.5, 0.6) is 0 Å². The van der Waals surface area contributed by atoms with E-state index in [1.165, 1.54) is 6.07 Å². The second-order valence-corrected chi connectivity index (χ2v) is 4.68. The minimum Gasteiger partial charge on any atom is -0.383 e. The third kappa shape index (κ3) is 3.33. The highest BCUT2D eigenvalue weighted by Gasteiger charge is 2.30. The van der Waals surface area contributed by atoms with Crippen LogP contribution in [-0.4, -0.2) is 37.5 Å². The Bertz CT molecular complexity index is 519. The van der Waals surface area contributed by atoms with E-state index in [9.17, 15) is 9.18 Å². The van der Waals surface area contributed by atoms with Crippen molar-refractivity contribution < 1.29 is 18.8 Å². The summed E-state index contributed by atoms with van der Waals surface area (Å²) in [6.45, 7) is 2.24. The monoisotopic (exact) mass is 280 g/mol. The number of rotatable bonds is 5. The summed E-state index contributed by atoms with van der Waals surface area (Å²) < 4.78 is 18.6. The molecule has 1 aromatic carbocycles. The second-order valence-electron chi connectivity index (χ2n) is 4.68. The van der Waals surface area contributed by atoms with Crippen LogP contribution in [0.2, 0.25) is 0 Å². The number of oxime groups is 1. The number of halogens is 1. The van der Waals surface area contributed by atoms with Gasteiger partial charge in [-0.3, -0.25) is 4.79 Å². The minimum atomic E-state index is -0.719. The van der Waals surface area contributed by atoms with Gasteiger partial charge in [-0.25, -0.2) is 4.39 Å². The molecular weight excluding hydrogens is 263 g/mol. The summed E-state index contributed by atoms with van der Waals surface area (Å²) in [6.07, 6.45) is -0.462. The van der Waals surface area contributed by atoms with Gasteiger partial charge >= 0.3 is 0 Å². The highest BCUT2D eigenvalue weighted by Crippen LogP contribution is 2.19. The fourth-order valence-corrected chi connectivity index (χ4v) is 2.00. The smallest absolute Gasteiger partial charge is 0.264 e. The van der Waals surface area contributed by atoms with Gasteiger partial charge in [0.25, 0.3) is 5.91 Å². The first kappa shape index (κ1) is 14.5. The fourth-order valence-electron chi connectivity index (χ4n) is 2.00. The lowest BCUT2D eigenvalue weighted by atomic mass is 10.0. The van der Waals surface area contributed by atoms with Crippen molar-refractivity contribution in [2.45, 2.75) is 25.5 Å². The summed E-state index contributed by atoms with van der Waals surface area (Å²) in [5.74, 6) is -0.645. The first-order valence-corrected chi connectivity index (χ1v) is 6.38. The van der Waals surface area contributed by atoms with Crippen molar-refractivity contribution in [3.63, 3.8) is 0 Å². The summed E-state index contributed by atoms with van der Waals surface area (Å²) >= 11 is 0. The van der Waals surface area contributed by atoms with Crippen molar-refractivity contribution in [1.82, 2.24) is 5.32 Å². The van der Waals surface area contributed by atoms with Gasteiger partial charge < -0.3 is 14.9 Å². The van der Waals surface area contributed by atoms with Crippen LogP contribution in [0.1, 0.15) is 18.9 Å². The van der Waals surface area contributed by atoms with Gasteiger partial charge in [0.05, 0.1) is 12.3 Å². The summed E-state index contributed by atoms with van der Waals surface area (Å²) in [7, 11) is 1.56. The zero-order chi connectivity index (χ0) is 14.5. The lowest BCUT2D eigenvalue weighted by Crippen LogP contribution is -2.42. The quantitative estimate of drug-likeness (QED) is 0.888. The Kier molecular flexibility index (Phi) is 4.68. The molecule has 1 heterocycles. The van der Waals surface area contributed by atoms with Crippen LogP contribution in [0.3, 0.4) is 0 Å². The molecule has 5 nitrogen and oxygen atoms in total. The fraction of sp³-hybridized carbons (Fsp3) is 0.429. The number of nitrogens with zero attached hydrogens (tertiary/aromatic N) is 1. The molecule has 6 heteroatoms. The zero-order valence-corrected chi connectivity index (χ0v) is 11.4. The van der Waals surface area contributed by atoms with E-state index in [1.54, 1.807) is 25.3 Å². The maximum absolute atomic E-state index is 13.6. The Labute approximate surface area is 116 Å². The third-order valence-corrected chi connectivity index (χ3v) is 2.95. The number of methoxy groups -OCH3 is 1. The molecule has 0 saturated carbocycles. The average molecular weight is 280 g/mol. The molecule has 1 aromatic rings. The molecule has 0 saturated heterocycles. The van der Waals surface area contributed by atoms with Crippen molar-refractivity contribution in [1.29, 1.82) is 0 Å². The van der Waals surface area contributed by atoms with E-state index in [0.29, 0.717) is 17.9 Å². The van der Waals surface area contributed by atoms with Gasteiger partial charge in [0, 0.05) is 25.1 Å². The van der Waals surface area contributed by atoms with E-state index in [4.69, 9.17) is 9.57 Å². The molecular formula is C14H17FN2O3. The normalized spacial score (nSPS) is 19.1.